The molecule has 6 nitrogen and oxygen atoms in total. The van der Waals surface area contributed by atoms with E-state index in [0.29, 0.717) is 17.9 Å². The largest absolute Gasteiger partial charge is 0.501 e. The van der Waals surface area contributed by atoms with Crippen LogP contribution in [0.3, 0.4) is 0 Å². The maximum absolute atomic E-state index is 12.9. The molecule has 1 aromatic carbocycles. The Morgan fingerprint density at radius 1 is 1.38 bits per heavy atom. The SMILES string of the molecule is CC1(C)CCn2c1nc(C(=O)NCc1ccc(F)cc1)c(O)c2=O. The van der Waals surface area contributed by atoms with E-state index >= 15 is 0 Å². The number of nitrogens with zero attached hydrogens (tertiary/aromatic N) is 2. The number of aromatic nitrogens is 2. The third-order valence-corrected chi connectivity index (χ3v) is 4.29. The van der Waals surface area contributed by atoms with E-state index < -0.39 is 17.2 Å². The van der Waals surface area contributed by atoms with Crippen LogP contribution in [0.15, 0.2) is 29.1 Å². The zero-order chi connectivity index (χ0) is 17.5. The predicted molar refractivity (Wildman–Crippen MR) is 85.4 cm³/mol. The summed E-state index contributed by atoms with van der Waals surface area (Å²) < 4.78 is 14.3. The number of halogens is 1. The number of aromatic hydroxyl groups is 1. The first kappa shape index (κ1) is 16.2. The van der Waals surface area contributed by atoms with E-state index in [0.717, 1.165) is 6.42 Å². The van der Waals surface area contributed by atoms with Gasteiger partial charge in [0, 0.05) is 18.5 Å². The summed E-state index contributed by atoms with van der Waals surface area (Å²) in [5.74, 6) is -1.15. The minimum absolute atomic E-state index is 0.141. The summed E-state index contributed by atoms with van der Waals surface area (Å²) in [5, 5.41) is 12.6. The first-order chi connectivity index (χ1) is 11.3. The highest BCUT2D eigenvalue weighted by Gasteiger charge is 2.35. The zero-order valence-corrected chi connectivity index (χ0v) is 13.5. The molecular formula is C17H18FN3O3. The quantitative estimate of drug-likeness (QED) is 0.896. The molecule has 126 valence electrons. The highest BCUT2D eigenvalue weighted by Crippen LogP contribution is 2.32. The lowest BCUT2D eigenvalue weighted by Crippen LogP contribution is -2.31. The van der Waals surface area contributed by atoms with Gasteiger partial charge in [-0.3, -0.25) is 14.2 Å². The first-order valence-corrected chi connectivity index (χ1v) is 7.66. The van der Waals surface area contributed by atoms with Crippen molar-refractivity contribution in [3.8, 4) is 5.75 Å². The van der Waals surface area contributed by atoms with Gasteiger partial charge in [-0.05, 0) is 24.1 Å². The van der Waals surface area contributed by atoms with Crippen LogP contribution in [0.4, 0.5) is 4.39 Å². The number of hydrogen-bond acceptors (Lipinski definition) is 4. The second-order valence-corrected chi connectivity index (χ2v) is 6.53. The van der Waals surface area contributed by atoms with Gasteiger partial charge in [-0.1, -0.05) is 26.0 Å². The zero-order valence-electron chi connectivity index (χ0n) is 13.5. The summed E-state index contributed by atoms with van der Waals surface area (Å²) >= 11 is 0. The Kier molecular flexibility index (Phi) is 3.87. The van der Waals surface area contributed by atoms with Crippen molar-refractivity contribution in [2.24, 2.45) is 0 Å². The molecule has 0 aliphatic carbocycles. The van der Waals surface area contributed by atoms with Gasteiger partial charge < -0.3 is 10.4 Å². The molecule has 24 heavy (non-hydrogen) atoms. The number of benzene rings is 1. The van der Waals surface area contributed by atoms with Gasteiger partial charge in [0.1, 0.15) is 11.6 Å². The highest BCUT2D eigenvalue weighted by atomic mass is 19.1. The van der Waals surface area contributed by atoms with Crippen molar-refractivity contribution in [3.05, 3.63) is 57.5 Å². The fourth-order valence-corrected chi connectivity index (χ4v) is 2.80. The van der Waals surface area contributed by atoms with Gasteiger partial charge in [0.15, 0.2) is 5.69 Å². The Morgan fingerprint density at radius 3 is 2.71 bits per heavy atom. The molecule has 0 radical (unpaired) electrons. The van der Waals surface area contributed by atoms with Gasteiger partial charge in [0.25, 0.3) is 11.5 Å². The molecule has 0 spiro atoms. The summed E-state index contributed by atoms with van der Waals surface area (Å²) in [6.07, 6.45) is 0.718. The van der Waals surface area contributed by atoms with Gasteiger partial charge in [-0.15, -0.1) is 0 Å². The summed E-state index contributed by atoms with van der Waals surface area (Å²) in [7, 11) is 0. The molecule has 0 saturated carbocycles. The molecule has 1 amide bonds. The molecule has 0 fully saturated rings. The standard InChI is InChI=1S/C17H18FN3O3/c1-17(2)7-8-21-15(24)13(22)12(20-16(17)21)14(23)19-9-10-3-5-11(18)6-4-10/h3-6,22H,7-9H2,1-2H3,(H,19,23). The Morgan fingerprint density at radius 2 is 2.04 bits per heavy atom. The monoisotopic (exact) mass is 331 g/mol. The Balaban J connectivity index is 1.86. The van der Waals surface area contributed by atoms with Crippen LogP contribution in [0.5, 0.6) is 5.75 Å². The van der Waals surface area contributed by atoms with E-state index in [4.69, 9.17) is 0 Å². The lowest BCUT2D eigenvalue weighted by atomic mass is 9.91. The topological polar surface area (TPSA) is 84.2 Å². The van der Waals surface area contributed by atoms with Crippen LogP contribution in [-0.4, -0.2) is 20.6 Å². The van der Waals surface area contributed by atoms with Crippen molar-refractivity contribution >= 4 is 5.91 Å². The summed E-state index contributed by atoms with van der Waals surface area (Å²) in [5.41, 5.74) is -0.512. The highest BCUT2D eigenvalue weighted by molar-refractivity contribution is 5.94. The fourth-order valence-electron chi connectivity index (χ4n) is 2.80. The number of fused-ring (bicyclic) bond motifs is 1. The van der Waals surface area contributed by atoms with Crippen molar-refractivity contribution in [1.82, 2.24) is 14.9 Å². The molecule has 2 aromatic rings. The number of hydrogen-bond donors (Lipinski definition) is 2. The van der Waals surface area contributed by atoms with Gasteiger partial charge in [-0.2, -0.15) is 0 Å². The third kappa shape index (κ3) is 2.77. The van der Waals surface area contributed by atoms with Gasteiger partial charge in [0.2, 0.25) is 5.75 Å². The molecule has 1 aliphatic rings. The van der Waals surface area contributed by atoms with Gasteiger partial charge in [-0.25, -0.2) is 9.37 Å². The van der Waals surface area contributed by atoms with Crippen LogP contribution in [-0.2, 0) is 18.5 Å². The molecule has 7 heteroatoms. The summed E-state index contributed by atoms with van der Waals surface area (Å²) in [4.78, 5) is 28.8. The van der Waals surface area contributed by atoms with E-state index in [2.05, 4.69) is 10.3 Å². The van der Waals surface area contributed by atoms with Crippen LogP contribution in [0.2, 0.25) is 0 Å². The second kappa shape index (κ2) is 5.74. The van der Waals surface area contributed by atoms with Crippen molar-refractivity contribution in [1.29, 1.82) is 0 Å². The normalized spacial score (nSPS) is 15.1. The van der Waals surface area contributed by atoms with Crippen molar-refractivity contribution in [2.75, 3.05) is 0 Å². The molecular weight excluding hydrogens is 313 g/mol. The van der Waals surface area contributed by atoms with E-state index in [1.54, 1.807) is 12.1 Å². The Bertz CT molecular complexity index is 857. The van der Waals surface area contributed by atoms with Gasteiger partial charge >= 0.3 is 0 Å². The third-order valence-electron chi connectivity index (χ3n) is 4.29. The molecule has 2 N–H and O–H groups in total. The molecule has 0 bridgehead atoms. The Labute approximate surface area is 138 Å². The lowest BCUT2D eigenvalue weighted by molar-refractivity contribution is 0.0941. The van der Waals surface area contributed by atoms with Crippen LogP contribution in [0, 0.1) is 5.82 Å². The molecule has 3 rings (SSSR count). The molecule has 1 aromatic heterocycles. The van der Waals surface area contributed by atoms with Crippen LogP contribution in [0.1, 0.15) is 42.1 Å². The molecule has 0 saturated heterocycles. The minimum atomic E-state index is -0.645. The second-order valence-electron chi connectivity index (χ2n) is 6.53. The molecule has 0 unspecified atom stereocenters. The minimum Gasteiger partial charge on any atom is -0.501 e. The van der Waals surface area contributed by atoms with E-state index in [9.17, 15) is 19.1 Å². The maximum atomic E-state index is 12.9. The average molecular weight is 331 g/mol. The maximum Gasteiger partial charge on any atom is 0.296 e. The summed E-state index contributed by atoms with van der Waals surface area (Å²) in [6, 6.07) is 5.68. The molecule has 1 aliphatic heterocycles. The number of nitrogens with one attached hydrogen (secondary N) is 1. The first-order valence-electron chi connectivity index (χ1n) is 7.66. The van der Waals surface area contributed by atoms with Crippen molar-refractivity contribution in [2.45, 2.75) is 38.8 Å². The van der Waals surface area contributed by atoms with Gasteiger partial charge in [0.05, 0.1) is 0 Å². The summed E-state index contributed by atoms with van der Waals surface area (Å²) in [6.45, 7) is 4.49. The number of carbonyl (C=O) groups excluding carboxylic acids is 1. The average Bonchev–Trinajstić information content (AvgIpc) is 2.85. The Hall–Kier alpha value is -2.70. The number of rotatable bonds is 3. The van der Waals surface area contributed by atoms with Crippen LogP contribution >= 0.6 is 0 Å². The number of amides is 1. The fraction of sp³-hybridized carbons (Fsp3) is 0.353. The predicted octanol–water partition coefficient (Wildman–Crippen LogP) is 1.70. The van der Waals surface area contributed by atoms with Crippen molar-refractivity contribution in [3.63, 3.8) is 0 Å². The van der Waals surface area contributed by atoms with Crippen LogP contribution < -0.4 is 10.9 Å². The van der Waals surface area contributed by atoms with Crippen LogP contribution in [0.25, 0.3) is 0 Å². The molecule has 0 atom stereocenters. The lowest BCUT2D eigenvalue weighted by Gasteiger charge is -2.17. The van der Waals surface area contributed by atoms with Crippen molar-refractivity contribution < 1.29 is 14.3 Å². The van der Waals surface area contributed by atoms with E-state index in [-0.39, 0.29) is 23.5 Å². The van der Waals surface area contributed by atoms with E-state index in [1.807, 2.05) is 13.8 Å². The smallest absolute Gasteiger partial charge is 0.296 e. The number of carbonyl (C=O) groups is 1. The molecule has 2 heterocycles. The van der Waals surface area contributed by atoms with E-state index in [1.165, 1.54) is 16.7 Å².